The van der Waals surface area contributed by atoms with Crippen LogP contribution in [0.5, 0.6) is 0 Å². The summed E-state index contributed by atoms with van der Waals surface area (Å²) < 4.78 is 0. The fourth-order valence-electron chi connectivity index (χ4n) is 2.32. The minimum atomic E-state index is -0.0712. The lowest BCUT2D eigenvalue weighted by Crippen LogP contribution is -2.19. The van der Waals surface area contributed by atoms with Crippen molar-refractivity contribution in [3.8, 4) is 0 Å². The first kappa shape index (κ1) is 18.5. The second kappa shape index (κ2) is 8.76. The van der Waals surface area contributed by atoms with Crippen LogP contribution in [0.3, 0.4) is 0 Å². The predicted octanol–water partition coefficient (Wildman–Crippen LogP) is 2.64. The van der Waals surface area contributed by atoms with Gasteiger partial charge in [0.1, 0.15) is 0 Å². The largest absolute Gasteiger partial charge is 0.326 e. The van der Waals surface area contributed by atoms with Crippen LogP contribution in [0.25, 0.3) is 0 Å². The van der Waals surface area contributed by atoms with Crippen molar-refractivity contribution < 1.29 is 9.59 Å². The maximum atomic E-state index is 12.0. The Kier molecular flexibility index (Phi) is 7.35. The maximum absolute atomic E-state index is 12.0. The van der Waals surface area contributed by atoms with E-state index in [4.69, 9.17) is 0 Å². The lowest BCUT2D eigenvalue weighted by molar-refractivity contribution is -0.119. The second-order valence-electron chi connectivity index (χ2n) is 5.84. The normalized spacial score (nSPS) is 17.0. The molecule has 0 bridgehead atoms. The number of hydrogen-bond acceptors (Lipinski definition) is 3. The molecule has 6 heteroatoms. The summed E-state index contributed by atoms with van der Waals surface area (Å²) in [5.41, 5.74) is 1.42. The van der Waals surface area contributed by atoms with Crippen LogP contribution in [-0.4, -0.2) is 24.9 Å². The van der Waals surface area contributed by atoms with E-state index in [1.54, 1.807) is 6.07 Å². The van der Waals surface area contributed by atoms with Gasteiger partial charge in [0.05, 0.1) is 0 Å². The molecule has 1 aromatic carbocycles. The van der Waals surface area contributed by atoms with Crippen LogP contribution in [0.15, 0.2) is 24.3 Å². The van der Waals surface area contributed by atoms with Gasteiger partial charge in [-0.2, -0.15) is 0 Å². The van der Waals surface area contributed by atoms with Gasteiger partial charge in [-0.1, -0.05) is 19.9 Å². The number of benzene rings is 1. The van der Waals surface area contributed by atoms with Crippen LogP contribution >= 0.6 is 12.4 Å². The summed E-state index contributed by atoms with van der Waals surface area (Å²) >= 11 is 0. The fourth-order valence-corrected chi connectivity index (χ4v) is 2.32. The van der Waals surface area contributed by atoms with E-state index in [0.29, 0.717) is 23.7 Å². The molecule has 0 aliphatic carbocycles. The first-order valence-electron chi connectivity index (χ1n) is 7.46. The summed E-state index contributed by atoms with van der Waals surface area (Å²) in [5.74, 6) is 0.346. The van der Waals surface area contributed by atoms with Crippen molar-refractivity contribution in [2.75, 3.05) is 23.7 Å². The van der Waals surface area contributed by atoms with Crippen molar-refractivity contribution in [1.29, 1.82) is 0 Å². The van der Waals surface area contributed by atoms with Gasteiger partial charge in [0, 0.05) is 23.7 Å². The van der Waals surface area contributed by atoms with Gasteiger partial charge in [0.25, 0.3) is 0 Å². The third kappa shape index (κ3) is 5.66. The van der Waals surface area contributed by atoms with Gasteiger partial charge < -0.3 is 16.0 Å². The van der Waals surface area contributed by atoms with Crippen LogP contribution in [0.1, 0.15) is 26.7 Å². The van der Waals surface area contributed by atoms with Crippen LogP contribution < -0.4 is 16.0 Å². The van der Waals surface area contributed by atoms with Crippen molar-refractivity contribution in [2.24, 2.45) is 11.8 Å². The average Bonchev–Trinajstić information content (AvgIpc) is 2.91. The van der Waals surface area contributed by atoms with E-state index in [9.17, 15) is 9.59 Å². The molecule has 1 saturated heterocycles. The number of rotatable bonds is 5. The Morgan fingerprint density at radius 3 is 2.55 bits per heavy atom. The average molecular weight is 326 g/mol. The van der Waals surface area contributed by atoms with E-state index in [1.165, 1.54) is 0 Å². The molecule has 1 aliphatic heterocycles. The van der Waals surface area contributed by atoms with Crippen molar-refractivity contribution in [3.05, 3.63) is 24.3 Å². The first-order chi connectivity index (χ1) is 10.0. The Bertz CT molecular complexity index is 514. The van der Waals surface area contributed by atoms with Crippen molar-refractivity contribution >= 4 is 35.6 Å². The van der Waals surface area contributed by atoms with E-state index < -0.39 is 0 Å². The highest BCUT2D eigenvalue weighted by atomic mass is 35.5. The number of halogens is 1. The van der Waals surface area contributed by atoms with Crippen molar-refractivity contribution in [3.63, 3.8) is 0 Å². The molecule has 1 aliphatic rings. The quantitative estimate of drug-likeness (QED) is 0.779. The topological polar surface area (TPSA) is 70.2 Å². The maximum Gasteiger partial charge on any atom is 0.226 e. The summed E-state index contributed by atoms with van der Waals surface area (Å²) in [6, 6.07) is 7.25. The number of nitrogens with one attached hydrogen (secondary N) is 3. The molecule has 5 nitrogen and oxygen atoms in total. The van der Waals surface area contributed by atoms with E-state index in [-0.39, 0.29) is 30.1 Å². The van der Waals surface area contributed by atoms with Crippen LogP contribution in [0.2, 0.25) is 0 Å². The number of carbonyl (C=O) groups excluding carboxylic acids is 2. The molecular formula is C16H24ClN3O2. The standard InChI is InChI=1S/C16H23N3O2.ClH/c1-11(2)16(21)19-14-5-3-4-13(9-14)18-15(20)8-12-6-7-17-10-12;/h3-5,9,11-12,17H,6-8,10H2,1-2H3,(H,18,20)(H,19,21);1H. The Labute approximate surface area is 137 Å². The highest BCUT2D eigenvalue weighted by Gasteiger charge is 2.18. The van der Waals surface area contributed by atoms with E-state index >= 15 is 0 Å². The summed E-state index contributed by atoms with van der Waals surface area (Å²) in [4.78, 5) is 23.7. The third-order valence-corrected chi connectivity index (χ3v) is 3.57. The Balaban J connectivity index is 0.00000242. The molecule has 1 heterocycles. The molecular weight excluding hydrogens is 302 g/mol. The van der Waals surface area contributed by atoms with E-state index in [2.05, 4.69) is 16.0 Å². The zero-order valence-electron chi connectivity index (χ0n) is 13.0. The molecule has 1 unspecified atom stereocenters. The van der Waals surface area contributed by atoms with Crippen LogP contribution in [0, 0.1) is 11.8 Å². The summed E-state index contributed by atoms with van der Waals surface area (Å²) in [6.07, 6.45) is 1.59. The van der Waals surface area contributed by atoms with Gasteiger partial charge in [0.15, 0.2) is 0 Å². The van der Waals surface area contributed by atoms with Crippen LogP contribution in [-0.2, 0) is 9.59 Å². The predicted molar refractivity (Wildman–Crippen MR) is 91.4 cm³/mol. The van der Waals surface area contributed by atoms with Gasteiger partial charge >= 0.3 is 0 Å². The fraction of sp³-hybridized carbons (Fsp3) is 0.500. The SMILES string of the molecule is CC(C)C(=O)Nc1cccc(NC(=O)CC2CCNC2)c1.Cl. The number of carbonyl (C=O) groups is 2. The molecule has 22 heavy (non-hydrogen) atoms. The highest BCUT2D eigenvalue weighted by molar-refractivity contribution is 5.94. The minimum absolute atomic E-state index is 0. The summed E-state index contributed by atoms with van der Waals surface area (Å²) in [5, 5.41) is 8.98. The molecule has 0 aromatic heterocycles. The molecule has 1 fully saturated rings. The van der Waals surface area contributed by atoms with Crippen molar-refractivity contribution in [1.82, 2.24) is 5.32 Å². The third-order valence-electron chi connectivity index (χ3n) is 3.57. The molecule has 0 spiro atoms. The number of amides is 2. The van der Waals surface area contributed by atoms with Gasteiger partial charge in [-0.25, -0.2) is 0 Å². The minimum Gasteiger partial charge on any atom is -0.326 e. The van der Waals surface area contributed by atoms with E-state index in [0.717, 1.165) is 19.5 Å². The Hall–Kier alpha value is -1.59. The number of hydrogen-bond donors (Lipinski definition) is 3. The summed E-state index contributed by atoms with van der Waals surface area (Å²) in [6.45, 7) is 5.60. The van der Waals surface area contributed by atoms with Gasteiger partial charge in [-0.3, -0.25) is 9.59 Å². The molecule has 2 rings (SSSR count). The summed E-state index contributed by atoms with van der Waals surface area (Å²) in [7, 11) is 0. The molecule has 0 saturated carbocycles. The number of anilines is 2. The molecule has 122 valence electrons. The highest BCUT2D eigenvalue weighted by Crippen LogP contribution is 2.18. The smallest absolute Gasteiger partial charge is 0.226 e. The van der Waals surface area contributed by atoms with Gasteiger partial charge in [-0.15, -0.1) is 12.4 Å². The monoisotopic (exact) mass is 325 g/mol. The molecule has 3 N–H and O–H groups in total. The Morgan fingerprint density at radius 1 is 1.27 bits per heavy atom. The Morgan fingerprint density at radius 2 is 1.95 bits per heavy atom. The zero-order chi connectivity index (χ0) is 15.2. The van der Waals surface area contributed by atoms with Gasteiger partial charge in [-0.05, 0) is 43.6 Å². The molecule has 2 amide bonds. The molecule has 1 aromatic rings. The van der Waals surface area contributed by atoms with E-state index in [1.807, 2.05) is 32.0 Å². The zero-order valence-corrected chi connectivity index (χ0v) is 13.8. The molecule has 1 atom stereocenters. The van der Waals surface area contributed by atoms with Gasteiger partial charge in [0.2, 0.25) is 11.8 Å². The second-order valence-corrected chi connectivity index (χ2v) is 5.84. The first-order valence-corrected chi connectivity index (χ1v) is 7.46. The van der Waals surface area contributed by atoms with Crippen LogP contribution in [0.4, 0.5) is 11.4 Å². The van der Waals surface area contributed by atoms with Crippen molar-refractivity contribution in [2.45, 2.75) is 26.7 Å². The molecule has 0 radical (unpaired) electrons. The lowest BCUT2D eigenvalue weighted by atomic mass is 10.0. The lowest BCUT2D eigenvalue weighted by Gasteiger charge is -2.11.